The van der Waals surface area contributed by atoms with Crippen molar-refractivity contribution in [3.8, 4) is 0 Å². The minimum Gasteiger partial charge on any atom is -0.466 e. The van der Waals surface area contributed by atoms with Gasteiger partial charge in [-0.15, -0.1) is 18.3 Å². The maximum atomic E-state index is 14.6. The average molecular weight is 549 g/mol. The Morgan fingerprint density at radius 1 is 1.38 bits per heavy atom. The number of halogens is 1. The van der Waals surface area contributed by atoms with Crippen molar-refractivity contribution in [3.05, 3.63) is 41.9 Å². The summed E-state index contributed by atoms with van der Waals surface area (Å²) in [5.41, 5.74) is 0.540. The second-order valence-electron chi connectivity index (χ2n) is 10.7. The molecule has 3 heterocycles. The summed E-state index contributed by atoms with van der Waals surface area (Å²) in [5, 5.41) is 10.8. The van der Waals surface area contributed by atoms with Crippen LogP contribution in [0.2, 0.25) is 5.02 Å². The first kappa shape index (κ1) is 28.0. The third-order valence-corrected chi connectivity index (χ3v) is 10.4. The highest BCUT2D eigenvalue weighted by Gasteiger charge is 2.77. The van der Waals surface area contributed by atoms with E-state index in [4.69, 9.17) is 16.3 Å². The number of hydrogen-bond donors (Lipinski definition) is 1. The van der Waals surface area contributed by atoms with Gasteiger partial charge in [-0.3, -0.25) is 14.4 Å². The molecule has 0 saturated carbocycles. The number of esters is 1. The SMILES string of the molecule is C=CCN(C(=O)C1N([C@@H](CO)CC(C)C)C(=O)[C@@H]2[C@@H](C(=O)OCC)[C@H]3CC(C)C12S3)c1ccccc1Cl. The number of para-hydroxylation sites is 1. The second-order valence-corrected chi connectivity index (χ2v) is 12.7. The number of aliphatic hydroxyl groups is 1. The number of nitrogens with zero attached hydrogens (tertiary/aromatic N) is 2. The fourth-order valence-corrected chi connectivity index (χ4v) is 9.34. The zero-order chi connectivity index (χ0) is 27.1. The number of fused-ring (bicyclic) bond motifs is 1. The van der Waals surface area contributed by atoms with Crippen molar-refractivity contribution in [2.75, 3.05) is 24.7 Å². The van der Waals surface area contributed by atoms with E-state index in [-0.39, 0.29) is 54.6 Å². The van der Waals surface area contributed by atoms with Crippen molar-refractivity contribution in [3.63, 3.8) is 0 Å². The van der Waals surface area contributed by atoms with Crippen molar-refractivity contribution in [2.45, 2.75) is 62.6 Å². The normalized spacial score (nSPS) is 30.9. The molecule has 7 nitrogen and oxygen atoms in total. The monoisotopic (exact) mass is 548 g/mol. The Morgan fingerprint density at radius 2 is 2.08 bits per heavy atom. The highest BCUT2D eigenvalue weighted by Crippen LogP contribution is 2.69. The number of ether oxygens (including phenoxy) is 1. The predicted octanol–water partition coefficient (Wildman–Crippen LogP) is 4.17. The molecule has 1 aromatic carbocycles. The van der Waals surface area contributed by atoms with E-state index in [2.05, 4.69) is 13.5 Å². The van der Waals surface area contributed by atoms with Gasteiger partial charge in [-0.25, -0.2) is 0 Å². The van der Waals surface area contributed by atoms with Gasteiger partial charge in [0.1, 0.15) is 6.04 Å². The van der Waals surface area contributed by atoms with E-state index < -0.39 is 28.7 Å². The molecule has 0 aromatic heterocycles. The summed E-state index contributed by atoms with van der Waals surface area (Å²) in [6.45, 7) is 11.9. The van der Waals surface area contributed by atoms with Crippen molar-refractivity contribution in [1.29, 1.82) is 0 Å². The molecule has 2 amide bonds. The van der Waals surface area contributed by atoms with Crippen LogP contribution in [0.5, 0.6) is 0 Å². The molecule has 202 valence electrons. The number of rotatable bonds is 10. The van der Waals surface area contributed by atoms with Crippen molar-refractivity contribution >= 4 is 46.8 Å². The molecule has 0 aliphatic carbocycles. The first-order valence-corrected chi connectivity index (χ1v) is 14.3. The molecule has 1 N–H and O–H groups in total. The number of thioether (sulfide) groups is 1. The number of benzene rings is 1. The van der Waals surface area contributed by atoms with E-state index in [9.17, 15) is 19.5 Å². The molecule has 3 fully saturated rings. The van der Waals surface area contributed by atoms with Crippen LogP contribution in [-0.4, -0.2) is 69.6 Å². The number of anilines is 1. The van der Waals surface area contributed by atoms with Gasteiger partial charge in [-0.2, -0.15) is 0 Å². The number of carbonyl (C=O) groups is 3. The fraction of sp³-hybridized carbons (Fsp3) is 0.607. The van der Waals surface area contributed by atoms with Gasteiger partial charge in [-0.05, 0) is 43.7 Å². The standard InChI is InChI=1S/C28H37ClN2O5S/c1-6-12-30(20-11-9-8-10-19(20)29)26(34)24-28-17(5)14-21(37-28)22(27(35)36-7-2)23(28)25(33)31(24)18(15-32)13-16(3)4/h6,8-11,16-18,21-24,32H,1,7,12-15H2,2-5H3/t17?,18-,21-,22+,23+,24?,28?/m1/s1. The molecule has 1 spiro atoms. The van der Waals surface area contributed by atoms with Gasteiger partial charge >= 0.3 is 5.97 Å². The number of amides is 2. The van der Waals surface area contributed by atoms with Crippen LogP contribution in [0, 0.1) is 23.7 Å². The zero-order valence-electron chi connectivity index (χ0n) is 21.9. The van der Waals surface area contributed by atoms with E-state index in [1.807, 2.05) is 19.9 Å². The van der Waals surface area contributed by atoms with Crippen LogP contribution >= 0.6 is 23.4 Å². The second kappa shape index (κ2) is 11.0. The summed E-state index contributed by atoms with van der Waals surface area (Å²) in [7, 11) is 0. The van der Waals surface area contributed by atoms with E-state index in [1.54, 1.807) is 52.8 Å². The molecule has 3 saturated heterocycles. The number of likely N-dealkylation sites (tertiary alicyclic amines) is 1. The van der Waals surface area contributed by atoms with Crippen molar-refractivity contribution in [2.24, 2.45) is 23.7 Å². The molecule has 3 aliphatic rings. The third-order valence-electron chi connectivity index (χ3n) is 8.04. The lowest BCUT2D eigenvalue weighted by molar-refractivity contribution is -0.154. The van der Waals surface area contributed by atoms with E-state index in [1.165, 1.54) is 0 Å². The lowest BCUT2D eigenvalue weighted by Gasteiger charge is -2.42. The predicted molar refractivity (Wildman–Crippen MR) is 146 cm³/mol. The third kappa shape index (κ3) is 4.49. The first-order chi connectivity index (χ1) is 17.6. The van der Waals surface area contributed by atoms with Gasteiger partial charge in [0, 0.05) is 11.8 Å². The first-order valence-electron chi connectivity index (χ1n) is 13.1. The lowest BCUT2D eigenvalue weighted by atomic mass is 9.66. The highest BCUT2D eigenvalue weighted by atomic mass is 35.5. The molecule has 3 aliphatic heterocycles. The van der Waals surface area contributed by atoms with Gasteiger partial charge in [0.05, 0.1) is 46.5 Å². The summed E-state index contributed by atoms with van der Waals surface area (Å²) in [6.07, 6.45) is 2.89. The molecule has 2 bridgehead atoms. The highest BCUT2D eigenvalue weighted by molar-refractivity contribution is 8.02. The molecule has 7 atom stereocenters. The molecule has 3 unspecified atom stereocenters. The van der Waals surface area contributed by atoms with Crippen LogP contribution < -0.4 is 4.90 Å². The van der Waals surface area contributed by atoms with Crippen molar-refractivity contribution < 1.29 is 24.2 Å². The summed E-state index contributed by atoms with van der Waals surface area (Å²) >= 11 is 8.12. The molecule has 1 aromatic rings. The largest absolute Gasteiger partial charge is 0.466 e. The van der Waals surface area contributed by atoms with Gasteiger partial charge in [-0.1, -0.05) is 50.6 Å². The van der Waals surface area contributed by atoms with Gasteiger partial charge in [0.15, 0.2) is 0 Å². The Bertz CT molecular complexity index is 1070. The zero-order valence-corrected chi connectivity index (χ0v) is 23.5. The Balaban J connectivity index is 1.87. The Morgan fingerprint density at radius 3 is 2.68 bits per heavy atom. The molecule has 9 heteroatoms. The minimum absolute atomic E-state index is 0.0105. The van der Waals surface area contributed by atoms with E-state index in [0.29, 0.717) is 17.1 Å². The number of aliphatic hydroxyl groups excluding tert-OH is 1. The van der Waals surface area contributed by atoms with Gasteiger partial charge in [0.2, 0.25) is 5.91 Å². The number of carbonyl (C=O) groups excluding carboxylic acids is 3. The van der Waals surface area contributed by atoms with Crippen molar-refractivity contribution in [1.82, 2.24) is 4.90 Å². The van der Waals surface area contributed by atoms with Crippen LogP contribution in [0.15, 0.2) is 36.9 Å². The fourth-order valence-electron chi connectivity index (χ4n) is 6.71. The maximum absolute atomic E-state index is 14.6. The van der Waals surface area contributed by atoms with Gasteiger partial charge < -0.3 is 19.6 Å². The lowest BCUT2D eigenvalue weighted by Crippen LogP contribution is -2.59. The Kier molecular flexibility index (Phi) is 8.31. The number of hydrogen-bond acceptors (Lipinski definition) is 6. The van der Waals surface area contributed by atoms with Crippen LogP contribution in [0.25, 0.3) is 0 Å². The Labute approximate surface area is 228 Å². The van der Waals surface area contributed by atoms with Gasteiger partial charge in [0.25, 0.3) is 5.91 Å². The smallest absolute Gasteiger partial charge is 0.310 e. The molecular weight excluding hydrogens is 512 g/mol. The Hall–Kier alpha value is -2.03. The van der Waals surface area contributed by atoms with Crippen LogP contribution in [0.1, 0.15) is 40.5 Å². The van der Waals surface area contributed by atoms with Crippen LogP contribution in [-0.2, 0) is 19.1 Å². The topological polar surface area (TPSA) is 87.2 Å². The maximum Gasteiger partial charge on any atom is 0.310 e. The molecule has 4 rings (SSSR count). The summed E-state index contributed by atoms with van der Waals surface area (Å²) < 4.78 is 4.62. The summed E-state index contributed by atoms with van der Waals surface area (Å²) in [6, 6.07) is 5.71. The quantitative estimate of drug-likeness (QED) is 0.349. The van der Waals surface area contributed by atoms with Crippen LogP contribution in [0.3, 0.4) is 0 Å². The summed E-state index contributed by atoms with van der Waals surface area (Å²) in [5.74, 6) is -1.98. The molecule has 37 heavy (non-hydrogen) atoms. The summed E-state index contributed by atoms with van der Waals surface area (Å²) in [4.78, 5) is 45.3. The minimum atomic E-state index is -0.860. The average Bonchev–Trinajstić information content (AvgIpc) is 3.45. The molecular formula is C28H37ClN2O5S. The van der Waals surface area contributed by atoms with E-state index >= 15 is 0 Å². The van der Waals surface area contributed by atoms with E-state index in [0.717, 1.165) is 6.42 Å². The molecule has 0 radical (unpaired) electrons. The van der Waals surface area contributed by atoms with Crippen LogP contribution in [0.4, 0.5) is 5.69 Å².